The van der Waals surface area contributed by atoms with Gasteiger partial charge < -0.3 is 4.74 Å². The fourth-order valence-corrected chi connectivity index (χ4v) is 2.69. The van der Waals surface area contributed by atoms with Crippen LogP contribution in [-0.4, -0.2) is 17.1 Å². The number of nitrogens with zero attached hydrogens (tertiary/aromatic N) is 2. The molecule has 0 unspecified atom stereocenters. The van der Waals surface area contributed by atoms with Gasteiger partial charge in [0.1, 0.15) is 5.15 Å². The Kier molecular flexibility index (Phi) is 3.78. The Morgan fingerprint density at radius 1 is 1.19 bits per heavy atom. The largest absolute Gasteiger partial charge is 0.494 e. The first-order valence-corrected chi connectivity index (χ1v) is 7.23. The quantitative estimate of drug-likeness (QED) is 0.607. The van der Waals surface area contributed by atoms with E-state index in [-0.39, 0.29) is 5.75 Å². The van der Waals surface area contributed by atoms with E-state index in [0.29, 0.717) is 22.1 Å². The molecule has 1 aromatic heterocycles. The molecule has 0 aliphatic heterocycles. The van der Waals surface area contributed by atoms with Crippen molar-refractivity contribution in [2.24, 2.45) is 0 Å². The van der Waals surface area contributed by atoms with Gasteiger partial charge in [-0.25, -0.2) is 14.4 Å². The molecule has 3 rings (SSSR count). The first kappa shape index (κ1) is 14.2. The van der Waals surface area contributed by atoms with Crippen LogP contribution in [-0.2, 0) is 0 Å². The van der Waals surface area contributed by atoms with E-state index in [1.807, 2.05) is 18.2 Å². The molecule has 0 N–H and O–H groups in total. The minimum absolute atomic E-state index is 0.138. The number of hydrogen-bond acceptors (Lipinski definition) is 3. The molecule has 0 fully saturated rings. The van der Waals surface area contributed by atoms with Gasteiger partial charge in [-0.15, -0.1) is 0 Å². The highest BCUT2D eigenvalue weighted by molar-refractivity contribution is 9.10. The number of fused-ring (bicyclic) bond motifs is 1. The number of benzene rings is 2. The summed E-state index contributed by atoms with van der Waals surface area (Å²) in [6, 6.07) is 10.0. The minimum atomic E-state index is -0.436. The lowest BCUT2D eigenvalue weighted by Gasteiger charge is -2.08. The lowest BCUT2D eigenvalue weighted by molar-refractivity contribution is 0.387. The summed E-state index contributed by atoms with van der Waals surface area (Å²) in [6.07, 6.45) is 0. The highest BCUT2D eigenvalue weighted by Crippen LogP contribution is 2.31. The van der Waals surface area contributed by atoms with Crippen molar-refractivity contribution < 1.29 is 9.13 Å². The molecule has 0 radical (unpaired) electrons. The Bertz CT molecular complexity index is 841. The van der Waals surface area contributed by atoms with Gasteiger partial charge in [0.25, 0.3) is 0 Å². The van der Waals surface area contributed by atoms with E-state index in [1.165, 1.54) is 13.2 Å². The van der Waals surface area contributed by atoms with Crippen LogP contribution in [0.1, 0.15) is 0 Å². The van der Waals surface area contributed by atoms with E-state index in [4.69, 9.17) is 16.3 Å². The third-order valence-electron chi connectivity index (χ3n) is 3.04. The van der Waals surface area contributed by atoms with E-state index in [2.05, 4.69) is 25.9 Å². The molecule has 106 valence electrons. The van der Waals surface area contributed by atoms with Crippen LogP contribution in [0.2, 0.25) is 5.15 Å². The molecule has 0 amide bonds. The summed E-state index contributed by atoms with van der Waals surface area (Å²) in [5.74, 6) is 0.117. The van der Waals surface area contributed by atoms with Gasteiger partial charge in [0, 0.05) is 15.4 Å². The molecule has 0 saturated heterocycles. The van der Waals surface area contributed by atoms with Crippen LogP contribution >= 0.6 is 27.5 Å². The average molecular weight is 368 g/mol. The number of rotatable bonds is 2. The monoisotopic (exact) mass is 366 g/mol. The maximum absolute atomic E-state index is 13.5. The van der Waals surface area contributed by atoms with Crippen molar-refractivity contribution in [3.63, 3.8) is 0 Å². The first-order chi connectivity index (χ1) is 10.1. The number of para-hydroxylation sites is 1. The van der Waals surface area contributed by atoms with Gasteiger partial charge in [0.2, 0.25) is 0 Å². The Balaban J connectivity index is 2.23. The van der Waals surface area contributed by atoms with Crippen LogP contribution in [0.4, 0.5) is 4.39 Å². The van der Waals surface area contributed by atoms with Gasteiger partial charge >= 0.3 is 0 Å². The number of ether oxygens (including phenoxy) is 1. The molecule has 0 atom stereocenters. The molecule has 0 spiro atoms. The predicted molar refractivity (Wildman–Crippen MR) is 84.2 cm³/mol. The molecule has 0 aliphatic carbocycles. The second-order valence-corrected chi connectivity index (χ2v) is 5.54. The van der Waals surface area contributed by atoms with Gasteiger partial charge in [-0.1, -0.05) is 17.7 Å². The highest BCUT2D eigenvalue weighted by Gasteiger charge is 2.12. The van der Waals surface area contributed by atoms with Crippen molar-refractivity contribution in [3.05, 3.63) is 51.8 Å². The smallest absolute Gasteiger partial charge is 0.165 e. The standard InChI is InChI=1S/C15H9BrClFN2O/c1-21-12-7-8(5-6-11(12)18)15-19-13-9(14(17)20-15)3-2-4-10(13)16/h2-7H,1H3. The number of hydrogen-bond donors (Lipinski definition) is 0. The van der Waals surface area contributed by atoms with Crippen molar-refractivity contribution in [2.45, 2.75) is 0 Å². The fourth-order valence-electron chi connectivity index (χ4n) is 2.01. The van der Waals surface area contributed by atoms with Crippen molar-refractivity contribution in [1.29, 1.82) is 0 Å². The van der Waals surface area contributed by atoms with Crippen LogP contribution < -0.4 is 4.74 Å². The molecule has 21 heavy (non-hydrogen) atoms. The van der Waals surface area contributed by atoms with Crippen LogP contribution in [0.5, 0.6) is 5.75 Å². The molecule has 1 heterocycles. The third-order valence-corrected chi connectivity index (χ3v) is 3.97. The van der Waals surface area contributed by atoms with E-state index in [1.54, 1.807) is 12.1 Å². The van der Waals surface area contributed by atoms with Crippen molar-refractivity contribution in [3.8, 4) is 17.1 Å². The topological polar surface area (TPSA) is 35.0 Å². The summed E-state index contributed by atoms with van der Waals surface area (Å²) in [6.45, 7) is 0. The minimum Gasteiger partial charge on any atom is -0.494 e. The SMILES string of the molecule is COc1cc(-c2nc(Cl)c3cccc(Br)c3n2)ccc1F. The molecule has 0 saturated carbocycles. The molecule has 6 heteroatoms. The molecule has 3 aromatic rings. The van der Waals surface area contributed by atoms with Crippen LogP contribution in [0.15, 0.2) is 40.9 Å². The summed E-state index contributed by atoms with van der Waals surface area (Å²) in [4.78, 5) is 8.76. The Morgan fingerprint density at radius 3 is 2.76 bits per heavy atom. The van der Waals surface area contributed by atoms with Gasteiger partial charge in [0.15, 0.2) is 17.4 Å². The van der Waals surface area contributed by atoms with E-state index < -0.39 is 5.82 Å². The summed E-state index contributed by atoms with van der Waals surface area (Å²) >= 11 is 9.66. The molecular formula is C15H9BrClFN2O. The number of methoxy groups -OCH3 is 1. The zero-order valence-electron chi connectivity index (χ0n) is 10.9. The molecular weight excluding hydrogens is 359 g/mol. The second-order valence-electron chi connectivity index (χ2n) is 4.32. The second kappa shape index (κ2) is 5.58. The Labute approximate surface area is 133 Å². The summed E-state index contributed by atoms with van der Waals surface area (Å²) in [7, 11) is 1.41. The van der Waals surface area contributed by atoms with Gasteiger partial charge in [-0.3, -0.25) is 0 Å². The predicted octanol–water partition coefficient (Wildman–Crippen LogP) is 4.86. The van der Waals surface area contributed by atoms with E-state index >= 15 is 0 Å². The van der Waals surface area contributed by atoms with Crippen LogP contribution in [0, 0.1) is 5.82 Å². The summed E-state index contributed by atoms with van der Waals surface area (Å²) in [5, 5.41) is 1.10. The van der Waals surface area contributed by atoms with Crippen molar-refractivity contribution in [1.82, 2.24) is 9.97 Å². The van der Waals surface area contributed by atoms with Crippen molar-refractivity contribution in [2.75, 3.05) is 7.11 Å². The average Bonchev–Trinajstić information content (AvgIpc) is 2.48. The summed E-state index contributed by atoms with van der Waals surface area (Å²) in [5.41, 5.74) is 1.34. The van der Waals surface area contributed by atoms with E-state index in [9.17, 15) is 4.39 Å². The molecule has 0 bridgehead atoms. The third kappa shape index (κ3) is 2.59. The zero-order chi connectivity index (χ0) is 15.0. The van der Waals surface area contributed by atoms with Gasteiger partial charge in [-0.05, 0) is 46.3 Å². The highest BCUT2D eigenvalue weighted by atomic mass is 79.9. The maximum atomic E-state index is 13.5. The molecule has 2 aromatic carbocycles. The normalized spacial score (nSPS) is 10.9. The maximum Gasteiger partial charge on any atom is 0.165 e. The molecule has 3 nitrogen and oxygen atoms in total. The zero-order valence-corrected chi connectivity index (χ0v) is 13.2. The first-order valence-electron chi connectivity index (χ1n) is 6.06. The number of aromatic nitrogens is 2. The lowest BCUT2D eigenvalue weighted by Crippen LogP contribution is -1.94. The Morgan fingerprint density at radius 2 is 2.00 bits per heavy atom. The fraction of sp³-hybridized carbons (Fsp3) is 0.0667. The van der Waals surface area contributed by atoms with Crippen molar-refractivity contribution >= 4 is 38.4 Å². The lowest BCUT2D eigenvalue weighted by atomic mass is 10.2. The Hall–Kier alpha value is -1.72. The van der Waals surface area contributed by atoms with Gasteiger partial charge in [-0.2, -0.15) is 0 Å². The van der Waals surface area contributed by atoms with Crippen LogP contribution in [0.3, 0.4) is 0 Å². The van der Waals surface area contributed by atoms with Gasteiger partial charge in [0.05, 0.1) is 12.6 Å². The van der Waals surface area contributed by atoms with Crippen LogP contribution in [0.25, 0.3) is 22.3 Å². The van der Waals surface area contributed by atoms with E-state index in [0.717, 1.165) is 9.86 Å². The summed E-state index contributed by atoms with van der Waals surface area (Å²) < 4.78 is 19.3. The number of halogens is 3. The molecule has 0 aliphatic rings.